The van der Waals surface area contributed by atoms with Gasteiger partial charge in [-0.1, -0.05) is 58.4 Å². The van der Waals surface area contributed by atoms with Crippen LogP contribution in [0.1, 0.15) is 30.0 Å². The molecule has 142 valence electrons. The summed E-state index contributed by atoms with van der Waals surface area (Å²) in [5.41, 5.74) is 3.28. The molecule has 0 spiro atoms. The summed E-state index contributed by atoms with van der Waals surface area (Å²) in [5, 5.41) is 9.58. The van der Waals surface area contributed by atoms with Crippen molar-refractivity contribution in [3.05, 3.63) is 94.5 Å². The summed E-state index contributed by atoms with van der Waals surface area (Å²) in [7, 11) is 0. The highest BCUT2D eigenvalue weighted by atomic mass is 79.9. The van der Waals surface area contributed by atoms with Gasteiger partial charge in [0.05, 0.1) is 12.0 Å². The average Bonchev–Trinajstić information content (AvgIpc) is 2.72. The second kappa shape index (κ2) is 8.19. The number of aryl methyl sites for hydroxylation is 1. The molecule has 0 radical (unpaired) electrons. The number of carbonyl (C=O) groups is 1. The molecule has 28 heavy (non-hydrogen) atoms. The van der Waals surface area contributed by atoms with Gasteiger partial charge in [-0.25, -0.2) is 0 Å². The molecule has 1 aliphatic rings. The van der Waals surface area contributed by atoms with E-state index in [2.05, 4.69) is 52.3 Å². The first kappa shape index (κ1) is 18.8. The number of hydrogen-bond acceptors (Lipinski definition) is 2. The summed E-state index contributed by atoms with van der Waals surface area (Å²) in [4.78, 5) is 14.9. The number of phenols is 1. The van der Waals surface area contributed by atoms with Crippen LogP contribution < -0.4 is 4.90 Å². The summed E-state index contributed by atoms with van der Waals surface area (Å²) in [5.74, 6) is 0.349. The topological polar surface area (TPSA) is 40.5 Å². The van der Waals surface area contributed by atoms with Crippen molar-refractivity contribution >= 4 is 27.5 Å². The molecule has 3 aromatic carbocycles. The molecule has 2 atom stereocenters. The largest absolute Gasteiger partial charge is 0.508 e. The van der Waals surface area contributed by atoms with Crippen molar-refractivity contribution in [3.63, 3.8) is 0 Å². The lowest BCUT2D eigenvalue weighted by molar-refractivity contribution is -0.130. The highest BCUT2D eigenvalue weighted by Crippen LogP contribution is 2.46. The Labute approximate surface area is 173 Å². The quantitative estimate of drug-likeness (QED) is 0.490. The molecule has 1 aliphatic heterocycles. The summed E-state index contributed by atoms with van der Waals surface area (Å²) >= 11 is 3.49. The minimum absolute atomic E-state index is 0.0151. The fourth-order valence-corrected chi connectivity index (χ4v) is 4.21. The van der Waals surface area contributed by atoms with Gasteiger partial charge in [0, 0.05) is 10.2 Å². The predicted octanol–water partition coefficient (Wildman–Crippen LogP) is 5.88. The van der Waals surface area contributed by atoms with Crippen molar-refractivity contribution in [2.75, 3.05) is 4.90 Å². The van der Waals surface area contributed by atoms with Gasteiger partial charge in [0.2, 0.25) is 5.91 Å². The first-order valence-electron chi connectivity index (χ1n) is 9.55. The predicted molar refractivity (Wildman–Crippen MR) is 115 cm³/mol. The number of nitrogens with zero attached hydrogens (tertiary/aromatic N) is 1. The lowest BCUT2D eigenvalue weighted by Gasteiger charge is -2.47. The molecule has 0 aromatic heterocycles. The monoisotopic (exact) mass is 435 g/mol. The van der Waals surface area contributed by atoms with Crippen molar-refractivity contribution < 1.29 is 9.90 Å². The van der Waals surface area contributed by atoms with Gasteiger partial charge in [-0.15, -0.1) is 0 Å². The number of aromatic hydroxyl groups is 1. The van der Waals surface area contributed by atoms with E-state index in [1.165, 1.54) is 5.56 Å². The summed E-state index contributed by atoms with van der Waals surface area (Å²) in [6.45, 7) is 0. The van der Waals surface area contributed by atoms with Crippen LogP contribution in [0.5, 0.6) is 5.75 Å². The Morgan fingerprint density at radius 1 is 0.893 bits per heavy atom. The van der Waals surface area contributed by atoms with Crippen LogP contribution in [0.15, 0.2) is 83.3 Å². The van der Waals surface area contributed by atoms with Gasteiger partial charge in [0.25, 0.3) is 0 Å². The molecule has 1 amide bonds. The van der Waals surface area contributed by atoms with Crippen LogP contribution in [0.25, 0.3) is 0 Å². The number of hydrogen-bond donors (Lipinski definition) is 1. The van der Waals surface area contributed by atoms with Crippen molar-refractivity contribution in [3.8, 4) is 5.75 Å². The summed E-state index contributed by atoms with van der Waals surface area (Å²) in [6.07, 6.45) is 2.83. The number of halogens is 1. The first-order valence-corrected chi connectivity index (χ1v) is 10.3. The molecule has 3 nitrogen and oxygen atoms in total. The van der Waals surface area contributed by atoms with Crippen LogP contribution in [-0.4, -0.2) is 11.0 Å². The Hall–Kier alpha value is -2.59. The molecule has 3 aromatic rings. The van der Waals surface area contributed by atoms with Crippen molar-refractivity contribution in [2.45, 2.75) is 25.3 Å². The molecule has 0 aliphatic carbocycles. The Balaban J connectivity index is 1.53. The Kier molecular flexibility index (Phi) is 5.49. The van der Waals surface area contributed by atoms with E-state index in [1.54, 1.807) is 24.3 Å². The smallest absolute Gasteiger partial charge is 0.233 e. The third-order valence-electron chi connectivity index (χ3n) is 5.38. The van der Waals surface area contributed by atoms with Crippen molar-refractivity contribution in [2.24, 2.45) is 5.92 Å². The maximum atomic E-state index is 13.0. The molecule has 1 N–H and O–H groups in total. The lowest BCUT2D eigenvalue weighted by atomic mass is 9.78. The van der Waals surface area contributed by atoms with Gasteiger partial charge in [0.15, 0.2) is 0 Å². The molecule has 1 heterocycles. The van der Waals surface area contributed by atoms with Crippen LogP contribution in [-0.2, 0) is 11.2 Å². The lowest BCUT2D eigenvalue weighted by Crippen LogP contribution is -2.55. The van der Waals surface area contributed by atoms with Crippen LogP contribution in [0.3, 0.4) is 0 Å². The van der Waals surface area contributed by atoms with Crippen LogP contribution in [0.4, 0.5) is 5.69 Å². The third kappa shape index (κ3) is 3.83. The second-order valence-electron chi connectivity index (χ2n) is 7.21. The van der Waals surface area contributed by atoms with Gasteiger partial charge in [0.1, 0.15) is 5.75 Å². The van der Waals surface area contributed by atoms with E-state index in [9.17, 15) is 9.90 Å². The first-order chi connectivity index (χ1) is 13.6. The molecular formula is C24H22BrNO2. The van der Waals surface area contributed by atoms with E-state index in [4.69, 9.17) is 0 Å². The molecule has 1 fully saturated rings. The Morgan fingerprint density at radius 2 is 1.57 bits per heavy atom. The molecule has 0 saturated carbocycles. The average molecular weight is 436 g/mol. The van der Waals surface area contributed by atoms with E-state index >= 15 is 0 Å². The number of carbonyl (C=O) groups excluding carboxylic acids is 1. The Morgan fingerprint density at radius 3 is 2.25 bits per heavy atom. The highest BCUT2D eigenvalue weighted by molar-refractivity contribution is 9.10. The van der Waals surface area contributed by atoms with Crippen molar-refractivity contribution in [1.29, 1.82) is 0 Å². The molecule has 1 saturated heterocycles. The number of anilines is 1. The number of rotatable bonds is 6. The second-order valence-corrected chi connectivity index (χ2v) is 8.12. The van der Waals surface area contributed by atoms with E-state index in [0.29, 0.717) is 0 Å². The van der Waals surface area contributed by atoms with Crippen LogP contribution in [0.2, 0.25) is 0 Å². The van der Waals surface area contributed by atoms with Crippen LogP contribution >= 0.6 is 15.9 Å². The standard InChI is InChI=1S/C24H22BrNO2/c25-19-11-9-18(10-12-19)23-22(8-4-7-17-5-2-1-3-6-17)24(28)26(23)20-13-15-21(27)16-14-20/h1-3,5-6,9-16,22-23,27H,4,7-8H2/t22-,23-/m1/s1. The number of phenolic OH excluding ortho intramolecular Hbond substituents is 1. The highest BCUT2D eigenvalue weighted by Gasteiger charge is 2.48. The van der Waals surface area contributed by atoms with E-state index in [0.717, 1.165) is 35.0 Å². The SMILES string of the molecule is O=C1[C@H](CCCc2ccccc2)[C@@H](c2ccc(Br)cc2)N1c1ccc(O)cc1. The zero-order valence-electron chi connectivity index (χ0n) is 15.5. The minimum Gasteiger partial charge on any atom is -0.508 e. The zero-order valence-corrected chi connectivity index (χ0v) is 17.0. The third-order valence-corrected chi connectivity index (χ3v) is 5.91. The summed E-state index contributed by atoms with van der Waals surface area (Å²) in [6, 6.07) is 25.5. The number of benzene rings is 3. The molecule has 0 unspecified atom stereocenters. The summed E-state index contributed by atoms with van der Waals surface area (Å²) < 4.78 is 1.03. The zero-order chi connectivity index (χ0) is 19.5. The van der Waals surface area contributed by atoms with Gasteiger partial charge in [-0.05, 0) is 66.8 Å². The fraction of sp³-hybridized carbons (Fsp3) is 0.208. The van der Waals surface area contributed by atoms with Gasteiger partial charge in [-0.3, -0.25) is 4.79 Å². The van der Waals surface area contributed by atoms with Gasteiger partial charge in [-0.2, -0.15) is 0 Å². The van der Waals surface area contributed by atoms with Gasteiger partial charge < -0.3 is 10.0 Å². The minimum atomic E-state index is -0.0151. The molecule has 0 bridgehead atoms. The maximum absolute atomic E-state index is 13.0. The maximum Gasteiger partial charge on any atom is 0.233 e. The van der Waals surface area contributed by atoms with Crippen LogP contribution in [0, 0.1) is 5.92 Å². The fourth-order valence-electron chi connectivity index (χ4n) is 3.94. The number of amides is 1. The number of β-lactam (4-membered cyclic amide) rings is 1. The normalized spacial score (nSPS) is 18.8. The molecule has 4 heteroatoms. The van der Waals surface area contributed by atoms with E-state index in [1.807, 2.05) is 23.1 Å². The van der Waals surface area contributed by atoms with Crippen molar-refractivity contribution in [1.82, 2.24) is 0 Å². The Bertz CT molecular complexity index is 939. The van der Waals surface area contributed by atoms with E-state index in [-0.39, 0.29) is 23.6 Å². The molecular weight excluding hydrogens is 414 g/mol. The van der Waals surface area contributed by atoms with E-state index < -0.39 is 0 Å². The molecule has 4 rings (SSSR count). The van der Waals surface area contributed by atoms with Gasteiger partial charge >= 0.3 is 0 Å².